The van der Waals surface area contributed by atoms with Gasteiger partial charge in [0.2, 0.25) is 0 Å². The van der Waals surface area contributed by atoms with Crippen LogP contribution < -0.4 is 5.56 Å². The molecule has 2 fully saturated rings. The molecule has 0 saturated carbocycles. The Hall–Kier alpha value is -2.45. The number of piperidine rings is 1. The van der Waals surface area contributed by atoms with Gasteiger partial charge in [0.15, 0.2) is 0 Å². The number of imidazole rings is 1. The Morgan fingerprint density at radius 2 is 2.03 bits per heavy atom. The highest BCUT2D eigenvalue weighted by atomic mass is 16.2. The molecule has 3 aliphatic rings. The van der Waals surface area contributed by atoms with E-state index in [2.05, 4.69) is 19.4 Å². The molecule has 2 aromatic heterocycles. The van der Waals surface area contributed by atoms with Crippen molar-refractivity contribution < 1.29 is 4.79 Å². The minimum Gasteiger partial charge on any atom is -0.337 e. The van der Waals surface area contributed by atoms with Gasteiger partial charge in [0.25, 0.3) is 11.5 Å². The quantitative estimate of drug-likeness (QED) is 0.732. The number of likely N-dealkylation sites (N-methyl/N-ethyl adjacent to an activating group) is 1. The summed E-state index contributed by atoms with van der Waals surface area (Å²) in [4.78, 5) is 37.3. The molecular weight excluding hydrogens is 392 g/mol. The molecule has 0 N–H and O–H groups in total. The highest BCUT2D eigenvalue weighted by molar-refractivity contribution is 5.94. The number of aromatic nitrogens is 3. The summed E-state index contributed by atoms with van der Waals surface area (Å²) in [5.41, 5.74) is 1.30. The third-order valence-electron chi connectivity index (χ3n) is 7.38. The van der Waals surface area contributed by atoms with E-state index in [1.165, 1.54) is 0 Å². The fourth-order valence-corrected chi connectivity index (χ4v) is 5.60. The molecule has 2 aromatic rings. The van der Waals surface area contributed by atoms with Crippen molar-refractivity contribution >= 4 is 5.91 Å². The summed E-state index contributed by atoms with van der Waals surface area (Å²) in [7, 11) is 6.12. The predicted molar refractivity (Wildman–Crippen MR) is 118 cm³/mol. The number of fused-ring (bicyclic) bond motifs is 4. The van der Waals surface area contributed by atoms with E-state index in [0.717, 1.165) is 50.5 Å². The first-order chi connectivity index (χ1) is 14.9. The minimum absolute atomic E-state index is 0.108. The Morgan fingerprint density at radius 1 is 1.19 bits per heavy atom. The van der Waals surface area contributed by atoms with Crippen molar-refractivity contribution in [3.63, 3.8) is 0 Å². The molecule has 0 unspecified atom stereocenters. The molecule has 0 radical (unpaired) electrons. The van der Waals surface area contributed by atoms with Crippen LogP contribution in [-0.4, -0.2) is 81.0 Å². The van der Waals surface area contributed by atoms with Crippen LogP contribution in [-0.2, 0) is 20.1 Å². The monoisotopic (exact) mass is 424 g/mol. The van der Waals surface area contributed by atoms with Crippen LogP contribution in [0.3, 0.4) is 0 Å². The molecule has 31 heavy (non-hydrogen) atoms. The first-order valence-corrected chi connectivity index (χ1v) is 11.3. The summed E-state index contributed by atoms with van der Waals surface area (Å²) >= 11 is 0. The van der Waals surface area contributed by atoms with Gasteiger partial charge in [-0.1, -0.05) is 0 Å². The van der Waals surface area contributed by atoms with Crippen LogP contribution in [0.15, 0.2) is 29.3 Å². The van der Waals surface area contributed by atoms with Gasteiger partial charge in [-0.2, -0.15) is 0 Å². The maximum Gasteiger partial charge on any atom is 0.263 e. The molecule has 3 atom stereocenters. The van der Waals surface area contributed by atoms with Crippen molar-refractivity contribution in [3.8, 4) is 0 Å². The van der Waals surface area contributed by atoms with Crippen molar-refractivity contribution in [2.45, 2.75) is 37.9 Å². The second-order valence-corrected chi connectivity index (χ2v) is 9.69. The predicted octanol–water partition coefficient (Wildman–Crippen LogP) is 0.977. The second kappa shape index (κ2) is 7.91. The first kappa shape index (κ1) is 20.5. The number of pyridine rings is 1. The highest BCUT2D eigenvalue weighted by Crippen LogP contribution is 2.35. The average Bonchev–Trinajstić information content (AvgIpc) is 3.38. The van der Waals surface area contributed by atoms with Crippen molar-refractivity contribution in [1.82, 2.24) is 28.8 Å². The number of nitrogens with zero attached hydrogens (tertiary/aromatic N) is 6. The van der Waals surface area contributed by atoms with Crippen molar-refractivity contribution in [2.24, 2.45) is 13.0 Å². The van der Waals surface area contributed by atoms with E-state index < -0.39 is 0 Å². The topological polar surface area (TPSA) is 66.6 Å². The third kappa shape index (κ3) is 3.72. The smallest absolute Gasteiger partial charge is 0.263 e. The van der Waals surface area contributed by atoms with Gasteiger partial charge < -0.3 is 18.9 Å². The van der Waals surface area contributed by atoms with E-state index in [9.17, 15) is 9.59 Å². The molecule has 8 heteroatoms. The fraction of sp³-hybridized carbons (Fsp3) is 0.609. The van der Waals surface area contributed by atoms with E-state index in [4.69, 9.17) is 0 Å². The Bertz CT molecular complexity index is 1040. The van der Waals surface area contributed by atoms with Gasteiger partial charge in [-0.25, -0.2) is 4.98 Å². The lowest BCUT2D eigenvalue weighted by Gasteiger charge is -2.42. The number of hydrogen-bond acceptors (Lipinski definition) is 5. The zero-order valence-electron chi connectivity index (χ0n) is 18.7. The average molecular weight is 425 g/mol. The SMILES string of the molecule is CN(C)[C@@H]1CCN(C(=O)c2ccc3n(c2=O)C[C@H]2C[C@@H]3CN(Cc3nccn3C)C2)C1. The Balaban J connectivity index is 1.35. The first-order valence-electron chi connectivity index (χ1n) is 11.3. The van der Waals surface area contributed by atoms with E-state index >= 15 is 0 Å². The number of carbonyl (C=O) groups excluding carboxylic acids is 1. The normalized spacial score (nSPS) is 25.8. The van der Waals surface area contributed by atoms with E-state index in [0.29, 0.717) is 36.5 Å². The zero-order valence-corrected chi connectivity index (χ0v) is 18.7. The van der Waals surface area contributed by atoms with Gasteiger partial charge in [0, 0.05) is 69.8 Å². The molecule has 2 saturated heterocycles. The van der Waals surface area contributed by atoms with Crippen molar-refractivity contribution in [2.75, 3.05) is 40.3 Å². The summed E-state index contributed by atoms with van der Waals surface area (Å²) in [5, 5.41) is 0. The second-order valence-electron chi connectivity index (χ2n) is 9.69. The lowest BCUT2D eigenvalue weighted by molar-refractivity contribution is 0.0777. The highest BCUT2D eigenvalue weighted by Gasteiger charge is 2.36. The van der Waals surface area contributed by atoms with Crippen LogP contribution in [0.1, 0.15) is 40.6 Å². The Labute approximate surface area is 183 Å². The van der Waals surface area contributed by atoms with Crippen LogP contribution in [0.25, 0.3) is 0 Å². The molecule has 0 aliphatic carbocycles. The van der Waals surface area contributed by atoms with Crippen LogP contribution in [0.4, 0.5) is 0 Å². The maximum atomic E-state index is 13.3. The number of likely N-dealkylation sites (tertiary alicyclic amines) is 2. The van der Waals surface area contributed by atoms with Crippen LogP contribution >= 0.6 is 0 Å². The van der Waals surface area contributed by atoms with Crippen molar-refractivity contribution in [3.05, 3.63) is 52.0 Å². The lowest BCUT2D eigenvalue weighted by atomic mass is 9.83. The van der Waals surface area contributed by atoms with Crippen molar-refractivity contribution in [1.29, 1.82) is 0 Å². The van der Waals surface area contributed by atoms with E-state index in [1.54, 1.807) is 6.07 Å². The largest absolute Gasteiger partial charge is 0.337 e. The summed E-state index contributed by atoms with van der Waals surface area (Å²) in [5.74, 6) is 1.71. The number of amides is 1. The summed E-state index contributed by atoms with van der Waals surface area (Å²) in [6.07, 6.45) is 5.89. The minimum atomic E-state index is -0.114. The van der Waals surface area contributed by atoms with Crippen LogP contribution in [0.5, 0.6) is 0 Å². The van der Waals surface area contributed by atoms with Crippen LogP contribution in [0.2, 0.25) is 0 Å². The molecule has 5 rings (SSSR count). The lowest BCUT2D eigenvalue weighted by Crippen LogP contribution is -2.48. The Morgan fingerprint density at radius 3 is 2.74 bits per heavy atom. The Kier molecular flexibility index (Phi) is 5.22. The van der Waals surface area contributed by atoms with Gasteiger partial charge in [0.05, 0.1) is 6.54 Å². The maximum absolute atomic E-state index is 13.3. The molecular formula is C23H32N6O2. The van der Waals surface area contributed by atoms with Gasteiger partial charge in [-0.15, -0.1) is 0 Å². The van der Waals surface area contributed by atoms with Gasteiger partial charge in [-0.05, 0) is 45.0 Å². The van der Waals surface area contributed by atoms with Gasteiger partial charge >= 0.3 is 0 Å². The number of carbonyl (C=O) groups is 1. The number of aryl methyl sites for hydroxylation is 1. The summed E-state index contributed by atoms with van der Waals surface area (Å²) in [6, 6.07) is 4.17. The fourth-order valence-electron chi connectivity index (χ4n) is 5.60. The third-order valence-corrected chi connectivity index (χ3v) is 7.38. The molecule has 8 nitrogen and oxygen atoms in total. The molecule has 5 heterocycles. The van der Waals surface area contributed by atoms with Gasteiger partial charge in [0.1, 0.15) is 11.4 Å². The summed E-state index contributed by atoms with van der Waals surface area (Å²) in [6.45, 7) is 4.83. The van der Waals surface area contributed by atoms with Gasteiger partial charge in [-0.3, -0.25) is 14.5 Å². The molecule has 0 aromatic carbocycles. The van der Waals surface area contributed by atoms with E-state index in [-0.39, 0.29) is 11.5 Å². The standard InChI is InChI=1S/C23H32N6O2/c1-25(2)18-6-8-28(14-18)22(30)19-4-5-20-17-10-16(12-29(20)23(19)31)11-27(13-17)15-21-24-7-9-26(21)3/h4-5,7,9,16-18H,6,8,10-15H2,1-3H3/t16-,17+,18+/m0/s1. The van der Waals surface area contributed by atoms with Crippen LogP contribution in [0, 0.1) is 5.92 Å². The molecule has 3 aliphatic heterocycles. The van der Waals surface area contributed by atoms with E-state index in [1.807, 2.05) is 49.1 Å². The summed E-state index contributed by atoms with van der Waals surface area (Å²) < 4.78 is 3.96. The zero-order chi connectivity index (χ0) is 21.7. The molecule has 0 spiro atoms. The molecule has 1 amide bonds. The number of hydrogen-bond donors (Lipinski definition) is 0. The molecule has 2 bridgehead atoms. The number of rotatable bonds is 4. The molecule has 166 valence electrons.